The molecule has 0 atom stereocenters. The molecule has 0 aliphatic rings. The molecule has 6 nitrogen and oxygen atoms in total. The summed E-state index contributed by atoms with van der Waals surface area (Å²) in [7, 11) is -4.02. The second kappa shape index (κ2) is 5.69. The number of halogens is 1. The van der Waals surface area contributed by atoms with Crippen LogP contribution in [0.3, 0.4) is 0 Å². The predicted molar refractivity (Wildman–Crippen MR) is 74.3 cm³/mol. The molecule has 1 aromatic carbocycles. The second-order valence-corrected chi connectivity index (χ2v) is 7.23. The summed E-state index contributed by atoms with van der Waals surface area (Å²) in [5.41, 5.74) is -0.810. The number of carbonyl (C=O) groups is 1. The topological polar surface area (TPSA) is 92.7 Å². The van der Waals surface area contributed by atoms with E-state index in [0.717, 1.165) is 0 Å². The Balaban J connectivity index is 3.29. The van der Waals surface area contributed by atoms with E-state index in [-0.39, 0.29) is 21.0 Å². The minimum absolute atomic E-state index is 0.0177. The zero-order valence-corrected chi connectivity index (χ0v) is 13.1. The molecule has 0 bridgehead atoms. The number of benzene rings is 1. The van der Waals surface area contributed by atoms with Crippen LogP contribution >= 0.6 is 11.6 Å². The molecule has 0 unspecified atom stereocenters. The van der Waals surface area contributed by atoms with Crippen LogP contribution in [0.5, 0.6) is 0 Å². The van der Waals surface area contributed by atoms with Crippen LogP contribution in [0.25, 0.3) is 0 Å². The zero-order chi connectivity index (χ0) is 15.7. The Morgan fingerprint density at radius 3 is 2.35 bits per heavy atom. The third-order valence-corrected chi connectivity index (χ3v) is 3.83. The number of sulfonamides is 1. The van der Waals surface area contributed by atoms with Crippen LogP contribution in [-0.4, -0.2) is 25.1 Å². The van der Waals surface area contributed by atoms with E-state index in [9.17, 15) is 13.2 Å². The van der Waals surface area contributed by atoms with Crippen molar-refractivity contribution < 1.29 is 23.2 Å². The molecule has 0 amide bonds. The molecule has 0 radical (unpaired) electrons. The van der Waals surface area contributed by atoms with Crippen molar-refractivity contribution in [3.05, 3.63) is 28.3 Å². The summed E-state index contributed by atoms with van der Waals surface area (Å²) in [5.74, 6) is -1.25. The van der Waals surface area contributed by atoms with Crippen LogP contribution in [0.2, 0.25) is 5.02 Å². The van der Waals surface area contributed by atoms with Crippen molar-refractivity contribution in [2.24, 2.45) is 0 Å². The molecular formula is C12H16ClNO5S. The number of carboxylic acid groups (broad SMARTS) is 1. The SMILES string of the molecule is Cc1c(C(=O)O)cc(Cl)cc1S(=O)(=O)NOC(C)(C)C. The van der Waals surface area contributed by atoms with Gasteiger partial charge in [0.2, 0.25) is 0 Å². The smallest absolute Gasteiger partial charge is 0.336 e. The van der Waals surface area contributed by atoms with E-state index in [1.54, 1.807) is 20.8 Å². The van der Waals surface area contributed by atoms with Crippen LogP contribution in [0.1, 0.15) is 36.7 Å². The lowest BCUT2D eigenvalue weighted by molar-refractivity contribution is -0.0357. The zero-order valence-electron chi connectivity index (χ0n) is 11.5. The quantitative estimate of drug-likeness (QED) is 0.830. The molecule has 1 rings (SSSR count). The average Bonchev–Trinajstić information content (AvgIpc) is 2.28. The van der Waals surface area contributed by atoms with E-state index in [0.29, 0.717) is 0 Å². The van der Waals surface area contributed by atoms with Crippen molar-refractivity contribution in [1.29, 1.82) is 0 Å². The number of rotatable bonds is 4. The molecule has 20 heavy (non-hydrogen) atoms. The first-order valence-electron chi connectivity index (χ1n) is 5.67. The summed E-state index contributed by atoms with van der Waals surface area (Å²) in [6.07, 6.45) is 0. The van der Waals surface area contributed by atoms with Gasteiger partial charge in [0.05, 0.1) is 16.1 Å². The highest BCUT2D eigenvalue weighted by atomic mass is 35.5. The largest absolute Gasteiger partial charge is 0.478 e. The fourth-order valence-corrected chi connectivity index (χ4v) is 2.91. The lowest BCUT2D eigenvalue weighted by Gasteiger charge is -2.20. The fraction of sp³-hybridized carbons (Fsp3) is 0.417. The number of carboxylic acids is 1. The van der Waals surface area contributed by atoms with Crippen LogP contribution in [0, 0.1) is 6.92 Å². The van der Waals surface area contributed by atoms with E-state index in [1.807, 2.05) is 4.89 Å². The molecule has 1 aromatic rings. The van der Waals surface area contributed by atoms with Crippen LogP contribution in [0.15, 0.2) is 17.0 Å². The minimum atomic E-state index is -4.02. The van der Waals surface area contributed by atoms with Crippen LogP contribution in [0.4, 0.5) is 0 Å². The first-order valence-corrected chi connectivity index (χ1v) is 7.53. The molecule has 0 saturated carbocycles. The summed E-state index contributed by atoms with van der Waals surface area (Å²) in [6.45, 7) is 6.40. The average molecular weight is 322 g/mol. The van der Waals surface area contributed by atoms with Crippen LogP contribution in [-0.2, 0) is 14.9 Å². The molecule has 8 heteroatoms. The normalized spacial score (nSPS) is 12.4. The molecule has 0 aliphatic carbocycles. The number of hydrogen-bond acceptors (Lipinski definition) is 4. The molecule has 0 aromatic heterocycles. The number of nitrogens with one attached hydrogen (secondary N) is 1. The molecular weight excluding hydrogens is 306 g/mol. The Bertz CT molecular complexity index is 634. The highest BCUT2D eigenvalue weighted by molar-refractivity contribution is 7.89. The van der Waals surface area contributed by atoms with E-state index >= 15 is 0 Å². The van der Waals surface area contributed by atoms with Gasteiger partial charge >= 0.3 is 5.97 Å². The van der Waals surface area contributed by atoms with E-state index in [4.69, 9.17) is 21.5 Å². The summed E-state index contributed by atoms with van der Waals surface area (Å²) in [4.78, 5) is 17.8. The second-order valence-electron chi connectivity index (χ2n) is 5.18. The Morgan fingerprint density at radius 1 is 1.35 bits per heavy atom. The fourth-order valence-electron chi connectivity index (χ4n) is 1.38. The highest BCUT2D eigenvalue weighted by Crippen LogP contribution is 2.24. The van der Waals surface area contributed by atoms with Gasteiger partial charge < -0.3 is 5.11 Å². The first kappa shape index (κ1) is 16.9. The molecule has 2 N–H and O–H groups in total. The molecule has 0 spiro atoms. The molecule has 0 aliphatic heterocycles. The molecule has 0 saturated heterocycles. The minimum Gasteiger partial charge on any atom is -0.478 e. The van der Waals surface area contributed by atoms with Crippen molar-refractivity contribution in [2.45, 2.75) is 38.2 Å². The van der Waals surface area contributed by atoms with E-state index in [1.165, 1.54) is 19.1 Å². The van der Waals surface area contributed by atoms with Crippen molar-refractivity contribution in [2.75, 3.05) is 0 Å². The Kier molecular flexibility index (Phi) is 4.81. The first-order chi connectivity index (χ1) is 8.94. The van der Waals surface area contributed by atoms with Gasteiger partial charge in [0.1, 0.15) is 0 Å². The summed E-state index contributed by atoms with van der Waals surface area (Å²) in [6, 6.07) is 2.38. The van der Waals surface area contributed by atoms with Gasteiger partial charge in [-0.15, -0.1) is 0 Å². The third-order valence-electron chi connectivity index (χ3n) is 2.30. The van der Waals surface area contributed by atoms with Gasteiger partial charge in [-0.05, 0) is 45.4 Å². The van der Waals surface area contributed by atoms with Gasteiger partial charge in [-0.1, -0.05) is 16.5 Å². The lowest BCUT2D eigenvalue weighted by atomic mass is 10.1. The van der Waals surface area contributed by atoms with Crippen molar-refractivity contribution >= 4 is 27.6 Å². The van der Waals surface area contributed by atoms with E-state index in [2.05, 4.69) is 0 Å². The van der Waals surface area contributed by atoms with Gasteiger partial charge in [-0.3, -0.25) is 4.84 Å². The summed E-state index contributed by atoms with van der Waals surface area (Å²) < 4.78 is 24.3. The molecule has 0 heterocycles. The standard InChI is InChI=1S/C12H16ClNO5S/c1-7-9(11(15)16)5-8(13)6-10(7)20(17,18)14-19-12(2,3)4/h5-6,14H,1-4H3,(H,15,16). The molecule has 112 valence electrons. The molecule has 0 fully saturated rings. The van der Waals surface area contributed by atoms with Gasteiger partial charge in [-0.25, -0.2) is 13.2 Å². The summed E-state index contributed by atoms with van der Waals surface area (Å²) in [5, 5.41) is 9.05. The van der Waals surface area contributed by atoms with Crippen molar-refractivity contribution in [1.82, 2.24) is 4.89 Å². The lowest BCUT2D eigenvalue weighted by Crippen LogP contribution is -2.34. The van der Waals surface area contributed by atoms with Gasteiger partial charge in [0.15, 0.2) is 0 Å². The Labute approximate surface area is 122 Å². The maximum absolute atomic E-state index is 12.1. The Morgan fingerprint density at radius 2 is 1.90 bits per heavy atom. The van der Waals surface area contributed by atoms with Gasteiger partial charge in [0, 0.05) is 5.02 Å². The van der Waals surface area contributed by atoms with E-state index < -0.39 is 21.6 Å². The van der Waals surface area contributed by atoms with Crippen LogP contribution < -0.4 is 4.89 Å². The third kappa shape index (κ3) is 4.17. The summed E-state index contributed by atoms with van der Waals surface area (Å²) >= 11 is 5.77. The highest BCUT2D eigenvalue weighted by Gasteiger charge is 2.24. The van der Waals surface area contributed by atoms with Crippen molar-refractivity contribution in [3.8, 4) is 0 Å². The number of hydrogen-bond donors (Lipinski definition) is 2. The van der Waals surface area contributed by atoms with Gasteiger partial charge in [-0.2, -0.15) is 0 Å². The maximum atomic E-state index is 12.1. The Hall–Kier alpha value is -1.15. The van der Waals surface area contributed by atoms with Gasteiger partial charge in [0.25, 0.3) is 10.0 Å². The maximum Gasteiger partial charge on any atom is 0.336 e. The number of aromatic carboxylic acids is 1. The monoisotopic (exact) mass is 321 g/mol. The van der Waals surface area contributed by atoms with Crippen molar-refractivity contribution in [3.63, 3.8) is 0 Å². The predicted octanol–water partition coefficient (Wildman–Crippen LogP) is 2.36.